The molecule has 226 valence electrons. The molecule has 0 spiro atoms. The van der Waals surface area contributed by atoms with Gasteiger partial charge >= 0.3 is 0 Å². The number of para-hydroxylation sites is 1. The summed E-state index contributed by atoms with van der Waals surface area (Å²) in [7, 11) is 1.88. The van der Waals surface area contributed by atoms with Crippen molar-refractivity contribution in [3.05, 3.63) is 86.3 Å². The van der Waals surface area contributed by atoms with Gasteiger partial charge in [0.1, 0.15) is 12.4 Å². The minimum absolute atomic E-state index is 0.135. The van der Waals surface area contributed by atoms with Crippen molar-refractivity contribution >= 4 is 62.3 Å². The van der Waals surface area contributed by atoms with E-state index in [2.05, 4.69) is 34.4 Å². The van der Waals surface area contributed by atoms with Gasteiger partial charge in [0.05, 0.1) is 32.2 Å². The SMILES string of the molecule is CCN(CC)CCOc1ccc(NCCCc2c(C)[nH]c(=O)c3c2ccc2nc(Nc4c(Cl)cccc4Cl)n(C)c23)cc1. The summed E-state index contributed by atoms with van der Waals surface area (Å²) in [5.41, 5.74) is 4.96. The molecule has 5 rings (SSSR count). The molecule has 0 aliphatic carbocycles. The maximum Gasteiger partial charge on any atom is 0.258 e. The molecule has 3 aromatic carbocycles. The third-order valence-electron chi connectivity index (χ3n) is 7.90. The van der Waals surface area contributed by atoms with Gasteiger partial charge in [-0.1, -0.05) is 49.2 Å². The Labute approximate surface area is 262 Å². The molecule has 0 bridgehead atoms. The van der Waals surface area contributed by atoms with Crippen molar-refractivity contribution in [2.24, 2.45) is 7.05 Å². The van der Waals surface area contributed by atoms with Crippen molar-refractivity contribution in [3.8, 4) is 5.75 Å². The van der Waals surface area contributed by atoms with Crippen LogP contribution in [0.3, 0.4) is 0 Å². The quantitative estimate of drug-likeness (QED) is 0.118. The standard InChI is InChI=1S/C33H38Cl2N6O2/c1-5-41(6-2)19-20-43-23-14-12-22(13-15-23)36-18-8-9-24-21(3)37-32(42)29-25(24)16-17-28-31(29)40(4)33(38-28)39-30-26(34)10-7-11-27(30)35/h7,10-17,36H,5-6,8-9,18-20H2,1-4H3,(H,37,42)(H,38,39). The molecular formula is C33H38Cl2N6O2. The minimum Gasteiger partial charge on any atom is -0.492 e. The second kappa shape index (κ2) is 13.7. The fourth-order valence-corrected chi connectivity index (χ4v) is 5.95. The molecule has 43 heavy (non-hydrogen) atoms. The molecule has 2 aromatic heterocycles. The van der Waals surface area contributed by atoms with Gasteiger partial charge in [0.15, 0.2) is 0 Å². The predicted molar refractivity (Wildman–Crippen MR) is 180 cm³/mol. The molecule has 0 amide bonds. The number of pyridine rings is 1. The Kier molecular flexibility index (Phi) is 9.80. The summed E-state index contributed by atoms with van der Waals surface area (Å²) in [6.07, 6.45) is 1.70. The first-order valence-electron chi connectivity index (χ1n) is 14.7. The summed E-state index contributed by atoms with van der Waals surface area (Å²) in [6.45, 7) is 10.8. The van der Waals surface area contributed by atoms with E-state index in [4.69, 9.17) is 32.9 Å². The highest BCUT2D eigenvalue weighted by atomic mass is 35.5. The van der Waals surface area contributed by atoms with Crippen LogP contribution in [0.25, 0.3) is 21.8 Å². The molecular weight excluding hydrogens is 583 g/mol. The third-order valence-corrected chi connectivity index (χ3v) is 8.53. The van der Waals surface area contributed by atoms with Crippen LogP contribution < -0.4 is 20.9 Å². The number of aromatic amines is 1. The van der Waals surface area contributed by atoms with Crippen LogP contribution in [0.4, 0.5) is 17.3 Å². The zero-order valence-electron chi connectivity index (χ0n) is 25.1. The normalized spacial score (nSPS) is 11.5. The summed E-state index contributed by atoms with van der Waals surface area (Å²) in [4.78, 5) is 23.4. The predicted octanol–water partition coefficient (Wildman–Crippen LogP) is 7.54. The first kappa shape index (κ1) is 30.7. The van der Waals surface area contributed by atoms with Gasteiger partial charge in [0.2, 0.25) is 5.95 Å². The van der Waals surface area contributed by atoms with Crippen LogP contribution in [-0.2, 0) is 13.5 Å². The van der Waals surface area contributed by atoms with E-state index in [1.54, 1.807) is 18.2 Å². The van der Waals surface area contributed by atoms with Crippen LogP contribution in [0.5, 0.6) is 5.75 Å². The number of aromatic nitrogens is 3. The Morgan fingerprint density at radius 3 is 2.44 bits per heavy atom. The van der Waals surface area contributed by atoms with Gasteiger partial charge in [0.25, 0.3) is 5.56 Å². The Balaban J connectivity index is 1.29. The number of nitrogens with one attached hydrogen (secondary N) is 3. The van der Waals surface area contributed by atoms with Crippen molar-refractivity contribution in [1.29, 1.82) is 0 Å². The molecule has 0 saturated carbocycles. The number of halogens is 2. The molecule has 5 aromatic rings. The number of anilines is 3. The number of ether oxygens (including phenoxy) is 1. The number of nitrogens with zero attached hydrogens (tertiary/aromatic N) is 3. The lowest BCUT2D eigenvalue weighted by Crippen LogP contribution is -2.27. The van der Waals surface area contributed by atoms with Crippen LogP contribution in [0, 0.1) is 6.92 Å². The Morgan fingerprint density at radius 1 is 1.02 bits per heavy atom. The molecule has 2 heterocycles. The van der Waals surface area contributed by atoms with Gasteiger partial charge in [0, 0.05) is 31.5 Å². The van der Waals surface area contributed by atoms with Gasteiger partial charge in [-0.3, -0.25) is 4.79 Å². The molecule has 3 N–H and O–H groups in total. The first-order valence-corrected chi connectivity index (χ1v) is 15.5. The van der Waals surface area contributed by atoms with Gasteiger partial charge in [-0.2, -0.15) is 0 Å². The molecule has 10 heteroatoms. The number of aryl methyl sites for hydroxylation is 3. The van der Waals surface area contributed by atoms with E-state index >= 15 is 0 Å². The van der Waals surface area contributed by atoms with E-state index in [0.717, 1.165) is 72.6 Å². The van der Waals surface area contributed by atoms with E-state index in [9.17, 15) is 4.79 Å². The lowest BCUT2D eigenvalue weighted by molar-refractivity contribution is 0.223. The Hall–Kier alpha value is -3.72. The Bertz CT molecular complexity index is 1760. The zero-order chi connectivity index (χ0) is 30.5. The second-order valence-corrected chi connectivity index (χ2v) is 11.4. The largest absolute Gasteiger partial charge is 0.492 e. The minimum atomic E-state index is -0.135. The van der Waals surface area contributed by atoms with Crippen molar-refractivity contribution in [2.45, 2.75) is 33.6 Å². The zero-order valence-corrected chi connectivity index (χ0v) is 26.6. The van der Waals surface area contributed by atoms with Crippen molar-refractivity contribution in [2.75, 3.05) is 43.4 Å². The smallest absolute Gasteiger partial charge is 0.258 e. The van der Waals surface area contributed by atoms with E-state index in [-0.39, 0.29) is 5.56 Å². The molecule has 0 aliphatic heterocycles. The van der Waals surface area contributed by atoms with Gasteiger partial charge in [-0.25, -0.2) is 4.98 Å². The number of benzene rings is 3. The fourth-order valence-electron chi connectivity index (χ4n) is 5.46. The summed E-state index contributed by atoms with van der Waals surface area (Å²) < 4.78 is 7.78. The highest BCUT2D eigenvalue weighted by Gasteiger charge is 2.18. The fraction of sp³-hybridized carbons (Fsp3) is 0.333. The van der Waals surface area contributed by atoms with Crippen LogP contribution in [-0.4, -0.2) is 52.2 Å². The number of likely N-dealkylation sites (N-methyl/N-ethyl adjacent to an activating group) is 1. The summed E-state index contributed by atoms with van der Waals surface area (Å²) >= 11 is 12.8. The number of hydrogen-bond donors (Lipinski definition) is 3. The Morgan fingerprint density at radius 2 is 1.74 bits per heavy atom. The third kappa shape index (κ3) is 6.77. The summed E-state index contributed by atoms with van der Waals surface area (Å²) in [6, 6.07) is 17.4. The van der Waals surface area contributed by atoms with Gasteiger partial charge < -0.3 is 29.8 Å². The summed E-state index contributed by atoms with van der Waals surface area (Å²) in [5.74, 6) is 1.42. The lowest BCUT2D eigenvalue weighted by atomic mass is 9.99. The number of imidazole rings is 1. The molecule has 0 fully saturated rings. The first-order chi connectivity index (χ1) is 20.8. The highest BCUT2D eigenvalue weighted by Crippen LogP contribution is 2.34. The van der Waals surface area contributed by atoms with Crippen molar-refractivity contribution < 1.29 is 4.74 Å². The average Bonchev–Trinajstić information content (AvgIpc) is 3.32. The molecule has 0 aliphatic rings. The molecule has 8 nitrogen and oxygen atoms in total. The van der Waals surface area contributed by atoms with E-state index < -0.39 is 0 Å². The van der Waals surface area contributed by atoms with Crippen LogP contribution in [0.2, 0.25) is 10.0 Å². The van der Waals surface area contributed by atoms with E-state index in [1.165, 1.54) is 0 Å². The van der Waals surface area contributed by atoms with Crippen LogP contribution in [0.15, 0.2) is 59.4 Å². The number of H-pyrrole nitrogens is 1. The van der Waals surface area contributed by atoms with Crippen LogP contribution in [0.1, 0.15) is 31.5 Å². The maximum absolute atomic E-state index is 13.3. The average molecular weight is 622 g/mol. The highest BCUT2D eigenvalue weighted by molar-refractivity contribution is 6.39. The molecule has 0 saturated heterocycles. The summed E-state index contributed by atoms with van der Waals surface area (Å²) in [5, 5.41) is 9.29. The van der Waals surface area contributed by atoms with E-state index in [1.807, 2.05) is 54.9 Å². The molecule has 0 atom stereocenters. The number of hydrogen-bond acceptors (Lipinski definition) is 6. The van der Waals surface area contributed by atoms with Crippen molar-refractivity contribution in [3.63, 3.8) is 0 Å². The van der Waals surface area contributed by atoms with Gasteiger partial charge in [-0.05, 0) is 86.3 Å². The topological polar surface area (TPSA) is 87.2 Å². The number of rotatable bonds is 13. The van der Waals surface area contributed by atoms with Crippen molar-refractivity contribution in [1.82, 2.24) is 19.4 Å². The van der Waals surface area contributed by atoms with Gasteiger partial charge in [-0.15, -0.1) is 0 Å². The van der Waals surface area contributed by atoms with E-state index in [0.29, 0.717) is 39.2 Å². The second-order valence-electron chi connectivity index (χ2n) is 10.6. The molecule has 0 unspecified atom stereocenters. The maximum atomic E-state index is 13.3. The number of fused-ring (bicyclic) bond motifs is 3. The van der Waals surface area contributed by atoms with Crippen LogP contribution >= 0.6 is 23.2 Å². The monoisotopic (exact) mass is 620 g/mol. The molecule has 0 radical (unpaired) electrons. The lowest BCUT2D eigenvalue weighted by Gasteiger charge is -2.18.